The number of amides is 1. The highest BCUT2D eigenvalue weighted by atomic mass is 35.5. The molecule has 0 saturated heterocycles. The molecule has 0 aliphatic carbocycles. The number of fused-ring (bicyclic) bond motifs is 2. The van der Waals surface area contributed by atoms with Gasteiger partial charge in [-0.2, -0.15) is 0 Å². The number of hydrogen-bond acceptors (Lipinski definition) is 3. The average Bonchev–Trinajstić information content (AvgIpc) is 3.08. The first-order valence-electron chi connectivity index (χ1n) is 7.06. The van der Waals surface area contributed by atoms with E-state index >= 15 is 0 Å². The molecule has 0 spiro atoms. The van der Waals surface area contributed by atoms with Gasteiger partial charge in [0.2, 0.25) is 0 Å². The van der Waals surface area contributed by atoms with E-state index < -0.39 is 6.10 Å². The number of aromatic amines is 2. The van der Waals surface area contributed by atoms with Crippen molar-refractivity contribution in [3.63, 3.8) is 0 Å². The summed E-state index contributed by atoms with van der Waals surface area (Å²) in [6.07, 6.45) is -0.116. The van der Waals surface area contributed by atoms with Gasteiger partial charge in [0.05, 0.1) is 11.0 Å². The normalized spacial score (nSPS) is 16.1. The van der Waals surface area contributed by atoms with E-state index in [4.69, 9.17) is 16.3 Å². The molecule has 6 nitrogen and oxygen atoms in total. The molecule has 2 heterocycles. The highest BCUT2D eigenvalue weighted by Gasteiger charge is 2.29. The Morgan fingerprint density at radius 2 is 2.00 bits per heavy atom. The number of hydrogen-bond donors (Lipinski definition) is 3. The Balaban J connectivity index is 1.52. The van der Waals surface area contributed by atoms with Crippen LogP contribution in [0.5, 0.6) is 5.75 Å². The van der Waals surface area contributed by atoms with E-state index in [1.807, 2.05) is 0 Å². The molecule has 116 valence electrons. The maximum absolute atomic E-state index is 12.4. The van der Waals surface area contributed by atoms with Crippen molar-refractivity contribution in [1.29, 1.82) is 0 Å². The lowest BCUT2D eigenvalue weighted by atomic mass is 10.1. The first-order valence-corrected chi connectivity index (χ1v) is 7.44. The van der Waals surface area contributed by atoms with Crippen LogP contribution >= 0.6 is 11.6 Å². The molecule has 0 fully saturated rings. The Morgan fingerprint density at radius 1 is 1.17 bits per heavy atom. The van der Waals surface area contributed by atoms with Crippen LogP contribution in [0.1, 0.15) is 5.56 Å². The predicted octanol–water partition coefficient (Wildman–Crippen LogP) is 2.45. The van der Waals surface area contributed by atoms with Crippen LogP contribution in [-0.2, 0) is 11.2 Å². The second-order valence-corrected chi connectivity index (χ2v) is 5.83. The number of H-pyrrole nitrogens is 2. The van der Waals surface area contributed by atoms with Crippen molar-refractivity contribution in [2.45, 2.75) is 12.5 Å². The van der Waals surface area contributed by atoms with E-state index in [1.54, 1.807) is 36.4 Å². The molecule has 1 amide bonds. The molecule has 4 rings (SSSR count). The van der Waals surface area contributed by atoms with Gasteiger partial charge in [-0.05, 0) is 42.0 Å². The number of anilines is 1. The topological polar surface area (TPSA) is 87.0 Å². The highest BCUT2D eigenvalue weighted by Crippen LogP contribution is 2.31. The molecular formula is C16H12ClN3O3. The first-order chi connectivity index (χ1) is 11.1. The standard InChI is InChI=1S/C16H12ClN3O3/c17-9-1-4-13-8(5-9)6-14(23-13)15(21)18-10-2-3-11-12(7-10)20-16(22)19-11/h1-5,7,14H,6H2,(H,18,21)(H2,19,20,22)/t14-/m1/s1. The second-order valence-electron chi connectivity index (χ2n) is 5.39. The predicted molar refractivity (Wildman–Crippen MR) is 87.1 cm³/mol. The van der Waals surface area contributed by atoms with Crippen LogP contribution in [0.25, 0.3) is 11.0 Å². The van der Waals surface area contributed by atoms with Crippen LogP contribution in [0.4, 0.5) is 5.69 Å². The number of aromatic nitrogens is 2. The van der Waals surface area contributed by atoms with Crippen molar-refractivity contribution in [1.82, 2.24) is 9.97 Å². The summed E-state index contributed by atoms with van der Waals surface area (Å²) in [6, 6.07) is 10.5. The SMILES string of the molecule is O=C(Nc1ccc2[nH]c(=O)[nH]c2c1)[C@H]1Cc2cc(Cl)ccc2O1. The number of halogens is 1. The molecular weight excluding hydrogens is 318 g/mol. The van der Waals surface area contributed by atoms with Crippen LogP contribution in [0.2, 0.25) is 5.02 Å². The molecule has 7 heteroatoms. The molecule has 3 N–H and O–H groups in total. The number of carbonyl (C=O) groups excluding carboxylic acids is 1. The maximum atomic E-state index is 12.4. The van der Waals surface area contributed by atoms with E-state index in [-0.39, 0.29) is 11.6 Å². The van der Waals surface area contributed by atoms with Crippen LogP contribution in [-0.4, -0.2) is 22.0 Å². The van der Waals surface area contributed by atoms with Crippen molar-refractivity contribution in [3.05, 3.63) is 57.5 Å². The van der Waals surface area contributed by atoms with Gasteiger partial charge in [0.25, 0.3) is 5.91 Å². The number of benzene rings is 2. The van der Waals surface area contributed by atoms with E-state index in [0.717, 1.165) is 5.56 Å². The van der Waals surface area contributed by atoms with Gasteiger partial charge in [0, 0.05) is 17.1 Å². The molecule has 1 aliphatic heterocycles. The quantitative estimate of drug-likeness (QED) is 0.675. The summed E-state index contributed by atoms with van der Waals surface area (Å²) in [7, 11) is 0. The maximum Gasteiger partial charge on any atom is 0.323 e. The largest absolute Gasteiger partial charge is 0.480 e. The second kappa shape index (κ2) is 5.17. The van der Waals surface area contributed by atoms with Crippen LogP contribution in [0, 0.1) is 0 Å². The fraction of sp³-hybridized carbons (Fsp3) is 0.125. The Labute approximate surface area is 135 Å². The molecule has 23 heavy (non-hydrogen) atoms. The van der Waals surface area contributed by atoms with Crippen LogP contribution in [0.15, 0.2) is 41.2 Å². The monoisotopic (exact) mass is 329 g/mol. The molecule has 2 aromatic carbocycles. The summed E-state index contributed by atoms with van der Waals surface area (Å²) in [5, 5.41) is 3.42. The zero-order chi connectivity index (χ0) is 16.0. The van der Waals surface area contributed by atoms with E-state index in [9.17, 15) is 9.59 Å². The van der Waals surface area contributed by atoms with Crippen LogP contribution in [0.3, 0.4) is 0 Å². The van der Waals surface area contributed by atoms with Gasteiger partial charge in [-0.3, -0.25) is 4.79 Å². The Hall–Kier alpha value is -2.73. The Morgan fingerprint density at radius 3 is 2.87 bits per heavy atom. The molecule has 0 radical (unpaired) electrons. The number of ether oxygens (including phenoxy) is 1. The third kappa shape index (κ3) is 2.57. The zero-order valence-corrected chi connectivity index (χ0v) is 12.6. The Kier molecular flexibility index (Phi) is 3.12. The van der Waals surface area contributed by atoms with Gasteiger partial charge in [-0.15, -0.1) is 0 Å². The lowest BCUT2D eigenvalue weighted by molar-refractivity contribution is -0.122. The summed E-state index contributed by atoms with van der Waals surface area (Å²) >= 11 is 5.95. The van der Waals surface area contributed by atoms with Crippen molar-refractivity contribution in [2.24, 2.45) is 0 Å². The van der Waals surface area contributed by atoms with Gasteiger partial charge >= 0.3 is 5.69 Å². The number of carbonyl (C=O) groups is 1. The third-order valence-electron chi connectivity index (χ3n) is 3.77. The fourth-order valence-corrected chi connectivity index (χ4v) is 2.89. The lowest BCUT2D eigenvalue weighted by Crippen LogP contribution is -2.31. The molecule has 0 unspecified atom stereocenters. The van der Waals surface area contributed by atoms with E-state index in [2.05, 4.69) is 15.3 Å². The first kappa shape index (κ1) is 13.9. The van der Waals surface area contributed by atoms with Gasteiger partial charge < -0.3 is 20.0 Å². The Bertz CT molecular complexity index is 976. The van der Waals surface area contributed by atoms with Gasteiger partial charge in [0.1, 0.15) is 5.75 Å². The number of nitrogens with one attached hydrogen (secondary N) is 3. The third-order valence-corrected chi connectivity index (χ3v) is 4.01. The summed E-state index contributed by atoms with van der Waals surface area (Å²) in [5.74, 6) is 0.439. The molecule has 0 bridgehead atoms. The van der Waals surface area contributed by atoms with Gasteiger partial charge in [0.15, 0.2) is 6.10 Å². The zero-order valence-electron chi connectivity index (χ0n) is 11.9. The van der Waals surface area contributed by atoms with Crippen molar-refractivity contribution >= 4 is 34.2 Å². The summed E-state index contributed by atoms with van der Waals surface area (Å²) < 4.78 is 5.65. The van der Waals surface area contributed by atoms with Gasteiger partial charge in [-0.1, -0.05) is 11.6 Å². The van der Waals surface area contributed by atoms with E-state index in [1.165, 1.54) is 0 Å². The van der Waals surface area contributed by atoms with Crippen LogP contribution < -0.4 is 15.7 Å². The molecule has 0 saturated carbocycles. The average molecular weight is 330 g/mol. The molecule has 3 aromatic rings. The number of rotatable bonds is 2. The number of imidazole rings is 1. The fourth-order valence-electron chi connectivity index (χ4n) is 2.70. The van der Waals surface area contributed by atoms with Crippen molar-refractivity contribution < 1.29 is 9.53 Å². The minimum atomic E-state index is -0.593. The van der Waals surface area contributed by atoms with Crippen molar-refractivity contribution in [3.8, 4) is 5.75 Å². The summed E-state index contributed by atoms with van der Waals surface area (Å²) in [6.45, 7) is 0. The molecule has 1 atom stereocenters. The summed E-state index contributed by atoms with van der Waals surface area (Å²) in [4.78, 5) is 28.9. The highest BCUT2D eigenvalue weighted by molar-refractivity contribution is 6.30. The summed E-state index contributed by atoms with van der Waals surface area (Å²) in [5.41, 5.74) is 2.55. The van der Waals surface area contributed by atoms with Crippen molar-refractivity contribution in [2.75, 3.05) is 5.32 Å². The van der Waals surface area contributed by atoms with Gasteiger partial charge in [-0.25, -0.2) is 4.79 Å². The molecule has 1 aliphatic rings. The minimum Gasteiger partial charge on any atom is -0.480 e. The lowest BCUT2D eigenvalue weighted by Gasteiger charge is -2.11. The molecule has 1 aromatic heterocycles. The van der Waals surface area contributed by atoms with E-state index in [0.29, 0.717) is 33.9 Å². The smallest absolute Gasteiger partial charge is 0.323 e. The minimum absolute atomic E-state index is 0.241.